The van der Waals surface area contributed by atoms with E-state index in [-0.39, 0.29) is 0 Å². The Kier molecular flexibility index (Phi) is 3.49. The van der Waals surface area contributed by atoms with Crippen LogP contribution in [0.3, 0.4) is 0 Å². The van der Waals surface area contributed by atoms with E-state index in [1.54, 1.807) is 6.07 Å². The second-order valence-corrected chi connectivity index (χ2v) is 5.05. The summed E-state index contributed by atoms with van der Waals surface area (Å²) in [6.45, 7) is 4.68. The molecule has 0 bridgehead atoms. The third-order valence-electron chi connectivity index (χ3n) is 3.76. The second-order valence-electron chi connectivity index (χ2n) is 5.05. The quantitative estimate of drug-likeness (QED) is 0.826. The first-order valence-electron chi connectivity index (χ1n) is 6.14. The first kappa shape index (κ1) is 11.5. The maximum Gasteiger partial charge on any atom is 0.115 e. The predicted molar refractivity (Wildman–Crippen MR) is 66.7 cm³/mol. The van der Waals surface area contributed by atoms with Gasteiger partial charge in [-0.05, 0) is 56.0 Å². The van der Waals surface area contributed by atoms with Gasteiger partial charge in [0.1, 0.15) is 5.75 Å². The van der Waals surface area contributed by atoms with Gasteiger partial charge in [0.15, 0.2) is 0 Å². The zero-order valence-corrected chi connectivity index (χ0v) is 10.2. The minimum Gasteiger partial charge on any atom is -0.508 e. The zero-order chi connectivity index (χ0) is 11.5. The van der Waals surface area contributed by atoms with Crippen molar-refractivity contribution < 1.29 is 5.11 Å². The minimum absolute atomic E-state index is 0.383. The first-order valence-corrected chi connectivity index (χ1v) is 6.14. The number of likely N-dealkylation sites (tertiary alicyclic amines) is 1. The fraction of sp³-hybridized carbons (Fsp3) is 0.571. The van der Waals surface area contributed by atoms with Crippen LogP contribution in [0.15, 0.2) is 24.3 Å². The highest BCUT2D eigenvalue weighted by molar-refractivity contribution is 5.29. The molecule has 1 saturated heterocycles. The molecule has 1 aliphatic rings. The summed E-state index contributed by atoms with van der Waals surface area (Å²) in [7, 11) is 2.20. The number of phenolic OH excluding ortho intramolecular Hbond substituents is 1. The fourth-order valence-corrected chi connectivity index (χ4v) is 2.69. The molecule has 1 aromatic rings. The highest BCUT2D eigenvalue weighted by atomic mass is 16.3. The molecule has 0 aliphatic carbocycles. The number of benzene rings is 1. The lowest BCUT2D eigenvalue weighted by atomic mass is 9.82. The first-order chi connectivity index (χ1) is 7.66. The number of piperidine rings is 1. The lowest BCUT2D eigenvalue weighted by Gasteiger charge is -2.33. The highest BCUT2D eigenvalue weighted by Crippen LogP contribution is 2.32. The van der Waals surface area contributed by atoms with Crippen LogP contribution in [0.4, 0.5) is 0 Å². The number of nitrogens with zero attached hydrogens (tertiary/aromatic N) is 1. The minimum atomic E-state index is 0.383. The third-order valence-corrected chi connectivity index (χ3v) is 3.76. The highest BCUT2D eigenvalue weighted by Gasteiger charge is 2.23. The van der Waals surface area contributed by atoms with Crippen molar-refractivity contribution in [1.82, 2.24) is 4.90 Å². The van der Waals surface area contributed by atoms with E-state index in [9.17, 15) is 5.11 Å². The molecule has 0 amide bonds. The van der Waals surface area contributed by atoms with Gasteiger partial charge in [-0.25, -0.2) is 0 Å². The standard InChI is InChI=1S/C14H21NO/c1-11(12-5-3-7-14(16)9-12)13-6-4-8-15(2)10-13/h3,5,7,9,11,13,16H,4,6,8,10H2,1-2H3/t11-,13+/m0/s1. The van der Waals surface area contributed by atoms with E-state index in [2.05, 4.69) is 24.9 Å². The van der Waals surface area contributed by atoms with Crippen LogP contribution in [0.25, 0.3) is 0 Å². The topological polar surface area (TPSA) is 23.5 Å². The second kappa shape index (κ2) is 4.88. The molecule has 2 nitrogen and oxygen atoms in total. The summed E-state index contributed by atoms with van der Waals surface area (Å²) in [5.41, 5.74) is 1.26. The summed E-state index contributed by atoms with van der Waals surface area (Å²) in [6, 6.07) is 7.70. The van der Waals surface area contributed by atoms with Gasteiger partial charge in [-0.3, -0.25) is 0 Å². The molecule has 16 heavy (non-hydrogen) atoms. The summed E-state index contributed by atoms with van der Waals surface area (Å²) < 4.78 is 0. The van der Waals surface area contributed by atoms with E-state index in [1.165, 1.54) is 31.5 Å². The molecule has 1 aromatic carbocycles. The largest absolute Gasteiger partial charge is 0.508 e. The zero-order valence-electron chi connectivity index (χ0n) is 10.2. The lowest BCUT2D eigenvalue weighted by molar-refractivity contribution is 0.191. The van der Waals surface area contributed by atoms with Crippen molar-refractivity contribution in [1.29, 1.82) is 0 Å². The maximum atomic E-state index is 9.50. The molecule has 1 fully saturated rings. The van der Waals surface area contributed by atoms with Crippen LogP contribution < -0.4 is 0 Å². The van der Waals surface area contributed by atoms with Gasteiger partial charge in [0, 0.05) is 6.54 Å². The Bertz CT molecular complexity index is 350. The molecule has 0 aromatic heterocycles. The molecule has 1 N–H and O–H groups in total. The van der Waals surface area contributed by atoms with Crippen LogP contribution in [0, 0.1) is 5.92 Å². The van der Waals surface area contributed by atoms with Crippen LogP contribution in [-0.4, -0.2) is 30.1 Å². The summed E-state index contributed by atoms with van der Waals surface area (Å²) in [5.74, 6) is 1.64. The third kappa shape index (κ3) is 2.56. The van der Waals surface area contributed by atoms with Crippen molar-refractivity contribution in [2.45, 2.75) is 25.7 Å². The molecule has 1 aliphatic heterocycles. The Hall–Kier alpha value is -1.02. The van der Waals surface area contributed by atoms with Crippen molar-refractivity contribution in [2.24, 2.45) is 5.92 Å². The molecule has 2 heteroatoms. The normalized spacial score (nSPS) is 24.2. The van der Waals surface area contributed by atoms with Crippen molar-refractivity contribution in [3.8, 4) is 5.75 Å². The SMILES string of the molecule is C[C@@H](c1cccc(O)c1)[C@@H]1CCCN(C)C1. The predicted octanol–water partition coefficient (Wildman–Crippen LogP) is 2.84. The molecule has 88 valence electrons. The average molecular weight is 219 g/mol. The molecule has 2 atom stereocenters. The molecular weight excluding hydrogens is 198 g/mol. The Morgan fingerprint density at radius 2 is 2.25 bits per heavy atom. The fourth-order valence-electron chi connectivity index (χ4n) is 2.69. The summed E-state index contributed by atoms with van der Waals surface area (Å²) >= 11 is 0. The van der Waals surface area contributed by atoms with Gasteiger partial charge < -0.3 is 10.0 Å². The molecule has 0 unspecified atom stereocenters. The summed E-state index contributed by atoms with van der Waals surface area (Å²) in [4.78, 5) is 2.41. The van der Waals surface area contributed by atoms with Gasteiger partial charge in [-0.2, -0.15) is 0 Å². The van der Waals surface area contributed by atoms with Gasteiger partial charge in [0.2, 0.25) is 0 Å². The number of hydrogen-bond acceptors (Lipinski definition) is 2. The van der Waals surface area contributed by atoms with Crippen LogP contribution >= 0.6 is 0 Å². The Balaban J connectivity index is 2.09. The van der Waals surface area contributed by atoms with E-state index in [4.69, 9.17) is 0 Å². The monoisotopic (exact) mass is 219 g/mol. The number of hydrogen-bond donors (Lipinski definition) is 1. The van der Waals surface area contributed by atoms with E-state index < -0.39 is 0 Å². The average Bonchev–Trinajstić information content (AvgIpc) is 2.28. The van der Waals surface area contributed by atoms with E-state index in [0.717, 1.165) is 5.92 Å². The van der Waals surface area contributed by atoms with Gasteiger partial charge in [0.05, 0.1) is 0 Å². The Labute approximate surface area is 97.9 Å². The van der Waals surface area contributed by atoms with Gasteiger partial charge in [-0.15, -0.1) is 0 Å². The van der Waals surface area contributed by atoms with E-state index in [1.807, 2.05) is 12.1 Å². The van der Waals surface area contributed by atoms with Crippen molar-refractivity contribution in [3.63, 3.8) is 0 Å². The number of aromatic hydroxyl groups is 1. The molecule has 0 spiro atoms. The maximum absolute atomic E-state index is 9.50. The molecule has 0 radical (unpaired) electrons. The van der Waals surface area contributed by atoms with Crippen LogP contribution in [-0.2, 0) is 0 Å². The van der Waals surface area contributed by atoms with Crippen LogP contribution in [0.1, 0.15) is 31.2 Å². The van der Waals surface area contributed by atoms with E-state index in [0.29, 0.717) is 11.7 Å². The summed E-state index contributed by atoms with van der Waals surface area (Å²) in [5, 5.41) is 9.50. The molecular formula is C14H21NO. The number of phenols is 1. The van der Waals surface area contributed by atoms with Crippen molar-refractivity contribution in [2.75, 3.05) is 20.1 Å². The Morgan fingerprint density at radius 3 is 2.94 bits per heavy atom. The van der Waals surface area contributed by atoms with E-state index >= 15 is 0 Å². The summed E-state index contributed by atoms with van der Waals surface area (Å²) in [6.07, 6.45) is 2.60. The lowest BCUT2D eigenvalue weighted by Crippen LogP contribution is -2.34. The molecule has 0 saturated carbocycles. The van der Waals surface area contributed by atoms with Crippen LogP contribution in [0.2, 0.25) is 0 Å². The van der Waals surface area contributed by atoms with Gasteiger partial charge in [0.25, 0.3) is 0 Å². The molecule has 1 heterocycles. The smallest absolute Gasteiger partial charge is 0.115 e. The van der Waals surface area contributed by atoms with Crippen molar-refractivity contribution in [3.05, 3.63) is 29.8 Å². The molecule has 2 rings (SSSR count). The van der Waals surface area contributed by atoms with Crippen molar-refractivity contribution >= 4 is 0 Å². The van der Waals surface area contributed by atoms with Gasteiger partial charge in [-0.1, -0.05) is 19.1 Å². The Morgan fingerprint density at radius 1 is 1.44 bits per heavy atom. The van der Waals surface area contributed by atoms with Gasteiger partial charge >= 0.3 is 0 Å². The number of rotatable bonds is 2. The van der Waals surface area contributed by atoms with Crippen LogP contribution in [0.5, 0.6) is 5.75 Å².